The molecule has 0 bridgehead atoms. The molecule has 0 radical (unpaired) electrons. The van der Waals surface area contributed by atoms with Gasteiger partial charge in [-0.1, -0.05) is 0 Å². The van der Waals surface area contributed by atoms with Crippen LogP contribution in [0.25, 0.3) is 0 Å². The highest BCUT2D eigenvalue weighted by atomic mass is 19.1. The van der Waals surface area contributed by atoms with E-state index in [9.17, 15) is 9.18 Å². The molecule has 0 unspecified atom stereocenters. The molecule has 0 saturated heterocycles. The van der Waals surface area contributed by atoms with Gasteiger partial charge in [-0.05, 0) is 39.0 Å². The van der Waals surface area contributed by atoms with Crippen molar-refractivity contribution in [1.82, 2.24) is 0 Å². The van der Waals surface area contributed by atoms with E-state index in [2.05, 4.69) is 5.32 Å². The Labute approximate surface area is 94.6 Å². The largest absolute Gasteiger partial charge is 0.456 e. The molecule has 0 amide bonds. The van der Waals surface area contributed by atoms with Gasteiger partial charge in [-0.25, -0.2) is 9.18 Å². The lowest BCUT2D eigenvalue weighted by atomic mass is 10.1. The summed E-state index contributed by atoms with van der Waals surface area (Å²) in [7, 11) is 1.63. The third-order valence-corrected chi connectivity index (χ3v) is 1.87. The number of carbonyl (C=O) groups excluding carboxylic acids is 1. The Kier molecular flexibility index (Phi) is 3.52. The van der Waals surface area contributed by atoms with Crippen molar-refractivity contribution in [2.45, 2.75) is 26.4 Å². The maximum atomic E-state index is 12.9. The Bertz CT molecular complexity index is 396. The first kappa shape index (κ1) is 12.5. The van der Waals surface area contributed by atoms with E-state index in [-0.39, 0.29) is 0 Å². The normalized spacial score (nSPS) is 11.1. The third kappa shape index (κ3) is 3.22. The van der Waals surface area contributed by atoms with Crippen LogP contribution in [0.5, 0.6) is 0 Å². The Balaban J connectivity index is 2.99. The third-order valence-electron chi connectivity index (χ3n) is 1.87. The molecule has 0 fully saturated rings. The van der Waals surface area contributed by atoms with Crippen LogP contribution in [0, 0.1) is 5.82 Å². The SMILES string of the molecule is CNc1cc(F)ccc1C(=O)OC(C)(C)C. The number of hydrogen-bond acceptors (Lipinski definition) is 3. The van der Waals surface area contributed by atoms with E-state index in [0.717, 1.165) is 0 Å². The summed E-state index contributed by atoms with van der Waals surface area (Å²) in [4.78, 5) is 11.8. The number of nitrogens with one attached hydrogen (secondary N) is 1. The van der Waals surface area contributed by atoms with E-state index < -0.39 is 17.4 Å². The van der Waals surface area contributed by atoms with E-state index in [1.165, 1.54) is 18.2 Å². The monoisotopic (exact) mass is 225 g/mol. The summed E-state index contributed by atoms with van der Waals surface area (Å²) >= 11 is 0. The number of esters is 1. The highest BCUT2D eigenvalue weighted by Gasteiger charge is 2.20. The Morgan fingerprint density at radius 2 is 2.00 bits per heavy atom. The van der Waals surface area contributed by atoms with Gasteiger partial charge in [-0.2, -0.15) is 0 Å². The number of ether oxygens (including phenoxy) is 1. The molecular weight excluding hydrogens is 209 g/mol. The zero-order chi connectivity index (χ0) is 12.3. The molecule has 0 heterocycles. The molecule has 16 heavy (non-hydrogen) atoms. The van der Waals surface area contributed by atoms with Crippen LogP contribution >= 0.6 is 0 Å². The zero-order valence-corrected chi connectivity index (χ0v) is 9.93. The lowest BCUT2D eigenvalue weighted by Gasteiger charge is -2.20. The lowest BCUT2D eigenvalue weighted by Crippen LogP contribution is -2.24. The van der Waals surface area contributed by atoms with E-state index in [1.54, 1.807) is 27.8 Å². The molecule has 88 valence electrons. The fraction of sp³-hybridized carbons (Fsp3) is 0.417. The molecule has 1 rings (SSSR count). The molecular formula is C12H16FNO2. The summed E-state index contributed by atoms with van der Waals surface area (Å²) in [5.74, 6) is -0.853. The van der Waals surface area contributed by atoms with Crippen molar-refractivity contribution in [3.8, 4) is 0 Å². The zero-order valence-electron chi connectivity index (χ0n) is 9.93. The minimum absolute atomic E-state index is 0.332. The second kappa shape index (κ2) is 4.51. The summed E-state index contributed by atoms with van der Waals surface area (Å²) in [5, 5.41) is 2.76. The topological polar surface area (TPSA) is 38.3 Å². The van der Waals surface area contributed by atoms with Gasteiger partial charge >= 0.3 is 5.97 Å². The Hall–Kier alpha value is -1.58. The Morgan fingerprint density at radius 3 is 2.50 bits per heavy atom. The van der Waals surface area contributed by atoms with Gasteiger partial charge in [-0.15, -0.1) is 0 Å². The van der Waals surface area contributed by atoms with E-state index >= 15 is 0 Å². The van der Waals surface area contributed by atoms with E-state index in [4.69, 9.17) is 4.74 Å². The highest BCUT2D eigenvalue weighted by Crippen LogP contribution is 2.20. The van der Waals surface area contributed by atoms with Crippen molar-refractivity contribution in [3.63, 3.8) is 0 Å². The second-order valence-electron chi connectivity index (χ2n) is 4.44. The van der Waals surface area contributed by atoms with E-state index in [0.29, 0.717) is 11.3 Å². The molecule has 0 aliphatic rings. The van der Waals surface area contributed by atoms with Crippen molar-refractivity contribution in [2.75, 3.05) is 12.4 Å². The first-order valence-electron chi connectivity index (χ1n) is 5.04. The minimum Gasteiger partial charge on any atom is -0.456 e. The van der Waals surface area contributed by atoms with Gasteiger partial charge in [-0.3, -0.25) is 0 Å². The fourth-order valence-corrected chi connectivity index (χ4v) is 1.23. The molecule has 0 aromatic heterocycles. The molecule has 1 aromatic carbocycles. The van der Waals surface area contributed by atoms with Crippen molar-refractivity contribution in [1.29, 1.82) is 0 Å². The molecule has 3 nitrogen and oxygen atoms in total. The van der Waals surface area contributed by atoms with Gasteiger partial charge < -0.3 is 10.1 Å². The summed E-state index contributed by atoms with van der Waals surface area (Å²) in [6, 6.07) is 3.91. The highest BCUT2D eigenvalue weighted by molar-refractivity contribution is 5.95. The van der Waals surface area contributed by atoms with Crippen molar-refractivity contribution in [2.24, 2.45) is 0 Å². The van der Waals surface area contributed by atoms with Crippen LogP contribution in [-0.4, -0.2) is 18.6 Å². The van der Waals surface area contributed by atoms with Crippen molar-refractivity contribution >= 4 is 11.7 Å². The summed E-state index contributed by atoms with van der Waals surface area (Å²) in [5.41, 5.74) is 0.198. The van der Waals surface area contributed by atoms with Crippen LogP contribution in [0.15, 0.2) is 18.2 Å². The van der Waals surface area contributed by atoms with Crippen LogP contribution in [0.3, 0.4) is 0 Å². The smallest absolute Gasteiger partial charge is 0.340 e. The minimum atomic E-state index is -0.559. The number of benzene rings is 1. The standard InChI is InChI=1S/C12H16FNO2/c1-12(2,3)16-11(15)9-6-5-8(13)7-10(9)14-4/h5-7,14H,1-4H3. The summed E-state index contributed by atoms with van der Waals surface area (Å²) in [6.07, 6.45) is 0. The first-order valence-corrected chi connectivity index (χ1v) is 5.04. The average Bonchev–Trinajstić information content (AvgIpc) is 2.14. The van der Waals surface area contributed by atoms with Crippen LogP contribution in [0.1, 0.15) is 31.1 Å². The van der Waals surface area contributed by atoms with Crippen LogP contribution in [0.2, 0.25) is 0 Å². The molecule has 1 N–H and O–H groups in total. The Morgan fingerprint density at radius 1 is 1.38 bits per heavy atom. The van der Waals surface area contributed by atoms with Gasteiger partial charge in [0.05, 0.1) is 11.3 Å². The molecule has 4 heteroatoms. The predicted octanol–water partition coefficient (Wildman–Crippen LogP) is 2.82. The maximum Gasteiger partial charge on any atom is 0.340 e. The summed E-state index contributed by atoms with van der Waals surface area (Å²) in [6.45, 7) is 5.36. The number of anilines is 1. The van der Waals surface area contributed by atoms with Crippen molar-refractivity contribution < 1.29 is 13.9 Å². The average molecular weight is 225 g/mol. The van der Waals surface area contributed by atoms with Gasteiger partial charge in [0.2, 0.25) is 0 Å². The van der Waals surface area contributed by atoms with Gasteiger partial charge in [0.1, 0.15) is 11.4 Å². The number of halogens is 1. The molecule has 0 saturated carbocycles. The fourth-order valence-electron chi connectivity index (χ4n) is 1.23. The number of rotatable bonds is 2. The molecule has 0 spiro atoms. The molecule has 0 aliphatic heterocycles. The van der Waals surface area contributed by atoms with Crippen LogP contribution in [-0.2, 0) is 4.74 Å². The summed E-state index contributed by atoms with van der Waals surface area (Å²) < 4.78 is 18.1. The first-order chi connectivity index (χ1) is 7.33. The maximum absolute atomic E-state index is 12.9. The van der Waals surface area contributed by atoms with E-state index in [1.807, 2.05) is 0 Å². The second-order valence-corrected chi connectivity index (χ2v) is 4.44. The van der Waals surface area contributed by atoms with Gasteiger partial charge in [0.25, 0.3) is 0 Å². The number of carbonyl (C=O) groups is 1. The molecule has 1 aromatic rings. The van der Waals surface area contributed by atoms with Gasteiger partial charge in [0, 0.05) is 7.05 Å². The van der Waals surface area contributed by atoms with Crippen LogP contribution < -0.4 is 5.32 Å². The molecule has 0 atom stereocenters. The number of hydrogen-bond donors (Lipinski definition) is 1. The predicted molar refractivity (Wildman–Crippen MR) is 61.1 cm³/mol. The quantitative estimate of drug-likeness (QED) is 0.786. The lowest BCUT2D eigenvalue weighted by molar-refractivity contribution is 0.00707. The van der Waals surface area contributed by atoms with Gasteiger partial charge in [0.15, 0.2) is 0 Å². The van der Waals surface area contributed by atoms with Crippen molar-refractivity contribution in [3.05, 3.63) is 29.6 Å². The molecule has 0 aliphatic carbocycles. The van der Waals surface area contributed by atoms with Crippen LogP contribution in [0.4, 0.5) is 10.1 Å².